The Morgan fingerprint density at radius 1 is 1.19 bits per heavy atom. The molecule has 2 rings (SSSR count). The molecule has 0 aliphatic rings. The second-order valence-corrected chi connectivity index (χ2v) is 6.25. The molecule has 0 fully saturated rings. The first-order chi connectivity index (χ1) is 12.3. The van der Waals surface area contributed by atoms with Gasteiger partial charge in [0.1, 0.15) is 6.54 Å². The Kier molecular flexibility index (Phi) is 6.11. The minimum absolute atomic E-state index is 0.0710. The molecule has 0 unspecified atom stereocenters. The summed E-state index contributed by atoms with van der Waals surface area (Å²) in [6.45, 7) is 3.54. The van der Waals surface area contributed by atoms with E-state index in [1.807, 2.05) is 13.8 Å². The third-order valence-electron chi connectivity index (χ3n) is 3.66. The summed E-state index contributed by atoms with van der Waals surface area (Å²) in [5.41, 5.74) is 2.58. The molecule has 1 aromatic heterocycles. The SMILES string of the molecule is CC(C)c1nn(C)cc1C(=O)Nc1ccc(CC(=O)NCC(=O)O)cc1. The van der Waals surface area contributed by atoms with E-state index in [2.05, 4.69) is 15.7 Å². The topological polar surface area (TPSA) is 113 Å². The summed E-state index contributed by atoms with van der Waals surface area (Å²) in [5, 5.41) is 18.0. The molecule has 1 aromatic carbocycles. The van der Waals surface area contributed by atoms with Crippen molar-refractivity contribution < 1.29 is 19.5 Å². The van der Waals surface area contributed by atoms with Crippen LogP contribution in [0.15, 0.2) is 30.5 Å². The molecule has 8 heteroatoms. The fourth-order valence-electron chi connectivity index (χ4n) is 2.43. The van der Waals surface area contributed by atoms with Crippen molar-refractivity contribution in [2.24, 2.45) is 7.05 Å². The lowest BCUT2D eigenvalue weighted by Gasteiger charge is -2.08. The fraction of sp³-hybridized carbons (Fsp3) is 0.333. The number of carboxylic acids is 1. The minimum Gasteiger partial charge on any atom is -0.480 e. The average Bonchev–Trinajstić information content (AvgIpc) is 2.97. The summed E-state index contributed by atoms with van der Waals surface area (Å²) in [7, 11) is 1.77. The van der Waals surface area contributed by atoms with Gasteiger partial charge in [-0.3, -0.25) is 19.1 Å². The predicted molar refractivity (Wildman–Crippen MR) is 96.0 cm³/mol. The molecule has 8 nitrogen and oxygen atoms in total. The van der Waals surface area contributed by atoms with Crippen LogP contribution in [-0.4, -0.2) is 39.2 Å². The summed E-state index contributed by atoms with van der Waals surface area (Å²) in [6.07, 6.45) is 1.76. The van der Waals surface area contributed by atoms with Gasteiger partial charge in [0.15, 0.2) is 0 Å². The Morgan fingerprint density at radius 3 is 2.42 bits per heavy atom. The standard InChI is InChI=1S/C18H22N4O4/c1-11(2)17-14(10-22(3)21-17)18(26)20-13-6-4-12(5-7-13)8-15(23)19-9-16(24)25/h4-7,10-11H,8-9H2,1-3H3,(H,19,23)(H,20,26)(H,24,25). The molecule has 3 N–H and O–H groups in total. The number of aryl methyl sites for hydroxylation is 1. The van der Waals surface area contributed by atoms with Crippen molar-refractivity contribution in [2.45, 2.75) is 26.2 Å². The first kappa shape index (κ1) is 19.2. The van der Waals surface area contributed by atoms with Crippen LogP contribution in [0.25, 0.3) is 0 Å². The van der Waals surface area contributed by atoms with Gasteiger partial charge in [-0.1, -0.05) is 26.0 Å². The van der Waals surface area contributed by atoms with E-state index in [1.165, 1.54) is 0 Å². The third-order valence-corrected chi connectivity index (χ3v) is 3.66. The second kappa shape index (κ2) is 8.28. The highest BCUT2D eigenvalue weighted by molar-refractivity contribution is 6.05. The molecule has 138 valence electrons. The zero-order valence-electron chi connectivity index (χ0n) is 14.9. The first-order valence-corrected chi connectivity index (χ1v) is 8.18. The van der Waals surface area contributed by atoms with E-state index in [9.17, 15) is 14.4 Å². The molecule has 0 atom stereocenters. The maximum Gasteiger partial charge on any atom is 0.322 e. The van der Waals surface area contributed by atoms with Gasteiger partial charge in [0, 0.05) is 18.9 Å². The molecule has 0 aliphatic heterocycles. The van der Waals surface area contributed by atoms with Gasteiger partial charge < -0.3 is 15.7 Å². The van der Waals surface area contributed by atoms with Gasteiger partial charge in [-0.2, -0.15) is 5.10 Å². The number of rotatable bonds is 7. The second-order valence-electron chi connectivity index (χ2n) is 6.25. The monoisotopic (exact) mass is 358 g/mol. The number of carboxylic acid groups (broad SMARTS) is 1. The number of nitrogens with zero attached hydrogens (tertiary/aromatic N) is 2. The smallest absolute Gasteiger partial charge is 0.322 e. The van der Waals surface area contributed by atoms with Crippen molar-refractivity contribution in [3.8, 4) is 0 Å². The maximum atomic E-state index is 12.5. The van der Waals surface area contributed by atoms with E-state index in [4.69, 9.17) is 5.11 Å². The first-order valence-electron chi connectivity index (χ1n) is 8.18. The number of hydrogen-bond acceptors (Lipinski definition) is 4. The lowest BCUT2D eigenvalue weighted by Crippen LogP contribution is -2.30. The number of nitrogens with one attached hydrogen (secondary N) is 2. The zero-order chi connectivity index (χ0) is 19.3. The number of aromatic nitrogens is 2. The summed E-state index contributed by atoms with van der Waals surface area (Å²) in [4.78, 5) is 34.5. The van der Waals surface area contributed by atoms with E-state index in [1.54, 1.807) is 42.2 Å². The molecule has 0 spiro atoms. The van der Waals surface area contributed by atoms with Crippen LogP contribution < -0.4 is 10.6 Å². The van der Waals surface area contributed by atoms with Crippen molar-refractivity contribution >= 4 is 23.5 Å². The van der Waals surface area contributed by atoms with Crippen LogP contribution in [0.5, 0.6) is 0 Å². The predicted octanol–water partition coefficient (Wildman–Crippen LogP) is 1.54. The van der Waals surface area contributed by atoms with Crippen molar-refractivity contribution in [3.05, 3.63) is 47.3 Å². The number of carbonyl (C=O) groups is 3. The molecule has 2 aromatic rings. The molecular weight excluding hydrogens is 336 g/mol. The van der Waals surface area contributed by atoms with Gasteiger partial charge in [0.2, 0.25) is 5.91 Å². The van der Waals surface area contributed by atoms with Gasteiger partial charge in [0.25, 0.3) is 5.91 Å². The number of hydrogen-bond donors (Lipinski definition) is 3. The Labute approximate surface area is 151 Å². The van der Waals surface area contributed by atoms with Crippen molar-refractivity contribution in [3.63, 3.8) is 0 Å². The summed E-state index contributed by atoms with van der Waals surface area (Å²) < 4.78 is 1.61. The van der Waals surface area contributed by atoms with E-state index in [-0.39, 0.29) is 24.2 Å². The van der Waals surface area contributed by atoms with Crippen LogP contribution in [0.3, 0.4) is 0 Å². The highest BCUT2D eigenvalue weighted by Gasteiger charge is 2.18. The van der Waals surface area contributed by atoms with E-state index < -0.39 is 12.5 Å². The molecule has 0 aliphatic carbocycles. The van der Waals surface area contributed by atoms with Crippen LogP contribution >= 0.6 is 0 Å². The van der Waals surface area contributed by atoms with Crippen LogP contribution in [0.1, 0.15) is 41.4 Å². The molecule has 0 bridgehead atoms. The highest BCUT2D eigenvalue weighted by Crippen LogP contribution is 2.19. The maximum absolute atomic E-state index is 12.5. The minimum atomic E-state index is -1.09. The van der Waals surface area contributed by atoms with Gasteiger partial charge in [0.05, 0.1) is 17.7 Å². The van der Waals surface area contributed by atoms with Crippen molar-refractivity contribution in [1.29, 1.82) is 0 Å². The fourth-order valence-corrected chi connectivity index (χ4v) is 2.43. The lowest BCUT2D eigenvalue weighted by molar-refractivity contribution is -0.137. The van der Waals surface area contributed by atoms with Crippen LogP contribution in [0.2, 0.25) is 0 Å². The third kappa shape index (κ3) is 5.17. The van der Waals surface area contributed by atoms with Crippen LogP contribution in [0, 0.1) is 0 Å². The largest absolute Gasteiger partial charge is 0.480 e. The number of amides is 2. The number of benzene rings is 1. The van der Waals surface area contributed by atoms with Gasteiger partial charge in [-0.05, 0) is 23.6 Å². The van der Waals surface area contributed by atoms with Crippen LogP contribution in [-0.2, 0) is 23.1 Å². The van der Waals surface area contributed by atoms with Gasteiger partial charge in [-0.15, -0.1) is 0 Å². The van der Waals surface area contributed by atoms with Crippen molar-refractivity contribution in [2.75, 3.05) is 11.9 Å². The molecule has 2 amide bonds. The highest BCUT2D eigenvalue weighted by atomic mass is 16.4. The van der Waals surface area contributed by atoms with E-state index in [0.29, 0.717) is 11.3 Å². The molecule has 0 radical (unpaired) electrons. The Balaban J connectivity index is 2.00. The summed E-state index contributed by atoms with van der Waals surface area (Å²) in [6, 6.07) is 6.82. The molecule has 26 heavy (non-hydrogen) atoms. The van der Waals surface area contributed by atoms with E-state index >= 15 is 0 Å². The Bertz CT molecular complexity index is 809. The molecule has 0 saturated heterocycles. The average molecular weight is 358 g/mol. The van der Waals surface area contributed by atoms with Crippen molar-refractivity contribution in [1.82, 2.24) is 15.1 Å². The Morgan fingerprint density at radius 2 is 1.85 bits per heavy atom. The number of aliphatic carboxylic acids is 1. The van der Waals surface area contributed by atoms with Crippen LogP contribution in [0.4, 0.5) is 5.69 Å². The number of carbonyl (C=O) groups excluding carboxylic acids is 2. The Hall–Kier alpha value is -3.16. The van der Waals surface area contributed by atoms with Gasteiger partial charge >= 0.3 is 5.97 Å². The lowest BCUT2D eigenvalue weighted by atomic mass is 10.1. The number of anilines is 1. The van der Waals surface area contributed by atoms with Gasteiger partial charge in [-0.25, -0.2) is 0 Å². The molecule has 0 saturated carbocycles. The molecular formula is C18H22N4O4. The zero-order valence-corrected chi connectivity index (χ0v) is 14.9. The molecule has 1 heterocycles. The quantitative estimate of drug-likeness (QED) is 0.695. The summed E-state index contributed by atoms with van der Waals surface area (Å²) in [5.74, 6) is -1.58. The van der Waals surface area contributed by atoms with E-state index in [0.717, 1.165) is 11.3 Å². The normalized spacial score (nSPS) is 10.6. The summed E-state index contributed by atoms with van der Waals surface area (Å²) >= 11 is 0.